The summed E-state index contributed by atoms with van der Waals surface area (Å²) in [7, 11) is 3.44. The van der Waals surface area contributed by atoms with E-state index in [1.54, 1.807) is 14.2 Å². The molecule has 2 aliphatic heterocycles. The number of carboxylic acids is 2. The van der Waals surface area contributed by atoms with Gasteiger partial charge in [0.2, 0.25) is 5.91 Å². The molecule has 216 valence electrons. The van der Waals surface area contributed by atoms with E-state index in [1.807, 2.05) is 12.1 Å². The average Bonchev–Trinajstić information content (AvgIpc) is 3.35. The second kappa shape index (κ2) is 13.6. The van der Waals surface area contributed by atoms with E-state index in [1.165, 1.54) is 5.56 Å². The second-order valence-electron chi connectivity index (χ2n) is 8.88. The molecule has 0 aromatic heterocycles. The van der Waals surface area contributed by atoms with E-state index in [0.717, 1.165) is 31.8 Å². The number of alkyl halides is 6. The van der Waals surface area contributed by atoms with Crippen molar-refractivity contribution in [1.82, 2.24) is 15.1 Å². The normalized spacial score (nSPS) is 21.5. The Labute approximate surface area is 215 Å². The molecule has 2 aliphatic rings. The number of hydrogen-bond donors (Lipinski definition) is 3. The van der Waals surface area contributed by atoms with Crippen LogP contribution < -0.4 is 10.1 Å². The third-order valence-corrected chi connectivity index (χ3v) is 5.95. The number of ether oxygens (including phenoxy) is 1. The number of hydrogen-bond acceptors (Lipinski definition) is 6. The molecule has 0 unspecified atom stereocenters. The van der Waals surface area contributed by atoms with Gasteiger partial charge in [-0.2, -0.15) is 26.3 Å². The fraction of sp³-hybridized carbons (Fsp3) is 0.609. The first-order chi connectivity index (χ1) is 17.4. The summed E-state index contributed by atoms with van der Waals surface area (Å²) < 4.78 is 68.7. The number of methoxy groups -OCH3 is 1. The molecule has 2 fully saturated rings. The highest BCUT2D eigenvalue weighted by Gasteiger charge is 2.49. The summed E-state index contributed by atoms with van der Waals surface area (Å²) >= 11 is 0. The first kappa shape index (κ1) is 33.0. The zero-order valence-electron chi connectivity index (χ0n) is 21.1. The molecule has 3 atom stereocenters. The molecule has 1 aromatic rings. The molecule has 1 aromatic carbocycles. The average molecular weight is 560 g/mol. The predicted molar refractivity (Wildman–Crippen MR) is 122 cm³/mol. The molecule has 15 heteroatoms. The Bertz CT molecular complexity index is 915. The van der Waals surface area contributed by atoms with Gasteiger partial charge in [0.1, 0.15) is 5.75 Å². The van der Waals surface area contributed by atoms with E-state index in [4.69, 9.17) is 24.5 Å². The zero-order chi connectivity index (χ0) is 29.4. The number of carboxylic acid groups (broad SMARTS) is 2. The van der Waals surface area contributed by atoms with Crippen molar-refractivity contribution in [3.05, 3.63) is 29.8 Å². The Morgan fingerprint density at radius 2 is 1.47 bits per heavy atom. The Hall–Kier alpha value is -3.07. The Morgan fingerprint density at radius 3 is 1.84 bits per heavy atom. The lowest BCUT2D eigenvalue weighted by atomic mass is 10.0. The molecule has 0 spiro atoms. The number of halogens is 6. The smallest absolute Gasteiger partial charge is 0.490 e. The number of nitrogens with one attached hydrogen (secondary N) is 1. The van der Waals surface area contributed by atoms with Crippen molar-refractivity contribution >= 4 is 17.8 Å². The van der Waals surface area contributed by atoms with E-state index in [9.17, 15) is 31.1 Å². The topological polar surface area (TPSA) is 119 Å². The van der Waals surface area contributed by atoms with Crippen LogP contribution in [0.3, 0.4) is 0 Å². The van der Waals surface area contributed by atoms with Crippen molar-refractivity contribution in [2.75, 3.05) is 27.2 Å². The molecule has 0 radical (unpaired) electrons. The number of aliphatic carboxylic acids is 2. The first-order valence-corrected chi connectivity index (χ1v) is 11.4. The van der Waals surface area contributed by atoms with Crippen LogP contribution in [0.1, 0.15) is 25.8 Å². The Kier molecular flexibility index (Phi) is 11.8. The number of carbonyl (C=O) groups excluding carboxylic acids is 1. The van der Waals surface area contributed by atoms with Crippen LogP contribution in [-0.4, -0.2) is 95.6 Å². The van der Waals surface area contributed by atoms with Crippen molar-refractivity contribution in [3.8, 4) is 5.75 Å². The first-order valence-electron chi connectivity index (χ1n) is 11.4. The summed E-state index contributed by atoms with van der Waals surface area (Å²) in [6.07, 6.45) is -9.19. The number of amides is 1. The van der Waals surface area contributed by atoms with Crippen molar-refractivity contribution < 1.29 is 55.7 Å². The highest BCUT2D eigenvalue weighted by molar-refractivity contribution is 5.82. The van der Waals surface area contributed by atoms with Crippen LogP contribution in [0.15, 0.2) is 24.3 Å². The molecule has 2 saturated heterocycles. The highest BCUT2D eigenvalue weighted by atomic mass is 19.4. The minimum Gasteiger partial charge on any atom is -0.497 e. The molecule has 3 rings (SSSR count). The molecule has 0 saturated carbocycles. The summed E-state index contributed by atoms with van der Waals surface area (Å²) in [5.74, 6) is -3.86. The summed E-state index contributed by atoms with van der Waals surface area (Å²) in [6, 6.07) is 9.24. The van der Waals surface area contributed by atoms with Gasteiger partial charge >= 0.3 is 24.3 Å². The minimum absolute atomic E-state index is 0.0353. The van der Waals surface area contributed by atoms with E-state index >= 15 is 0 Å². The standard InChI is InChI=1S/C19H29N3O2.2C2HF3O2/c1-13(2)22-17(19(23)20-3)9-15-11-21(12-18(15)22)10-14-5-7-16(24-4)8-6-14;2*3-2(4,5)1(6)7/h5-8,13,15,17-18H,9-12H2,1-4H3,(H,20,23);2*(H,6,7)/t15-,17-,18+;;/m0../s1. The summed E-state index contributed by atoms with van der Waals surface area (Å²) in [4.78, 5) is 35.0. The maximum absolute atomic E-state index is 12.2. The molecule has 0 bridgehead atoms. The van der Waals surface area contributed by atoms with Gasteiger partial charge in [0.05, 0.1) is 13.2 Å². The molecular formula is C23H31F6N3O6. The van der Waals surface area contributed by atoms with Gasteiger partial charge in [0.15, 0.2) is 0 Å². The number of carbonyl (C=O) groups is 3. The van der Waals surface area contributed by atoms with Gasteiger partial charge in [-0.05, 0) is 43.9 Å². The van der Waals surface area contributed by atoms with Crippen LogP contribution in [0.5, 0.6) is 5.75 Å². The molecule has 0 aliphatic carbocycles. The van der Waals surface area contributed by atoms with Gasteiger partial charge in [-0.1, -0.05) is 12.1 Å². The number of rotatable bonds is 5. The van der Waals surface area contributed by atoms with Crippen LogP contribution in [0.2, 0.25) is 0 Å². The molecule has 38 heavy (non-hydrogen) atoms. The van der Waals surface area contributed by atoms with Crippen molar-refractivity contribution in [1.29, 1.82) is 0 Å². The van der Waals surface area contributed by atoms with E-state index < -0.39 is 24.3 Å². The Balaban J connectivity index is 0.000000426. The third-order valence-electron chi connectivity index (χ3n) is 5.95. The zero-order valence-corrected chi connectivity index (χ0v) is 21.1. The van der Waals surface area contributed by atoms with Gasteiger partial charge in [-0.25, -0.2) is 9.59 Å². The molecule has 3 N–H and O–H groups in total. The number of benzene rings is 1. The largest absolute Gasteiger partial charge is 0.497 e. The maximum atomic E-state index is 12.2. The molecule has 1 amide bonds. The number of nitrogens with zero attached hydrogens (tertiary/aromatic N) is 2. The molecule has 9 nitrogen and oxygen atoms in total. The maximum Gasteiger partial charge on any atom is 0.490 e. The number of likely N-dealkylation sites (N-methyl/N-ethyl adjacent to an activating group) is 1. The van der Waals surface area contributed by atoms with Crippen molar-refractivity contribution in [2.45, 2.75) is 57.3 Å². The monoisotopic (exact) mass is 559 g/mol. The third kappa shape index (κ3) is 9.67. The minimum atomic E-state index is -5.08. The predicted octanol–water partition coefficient (Wildman–Crippen LogP) is 2.99. The van der Waals surface area contributed by atoms with Crippen LogP contribution in [0.4, 0.5) is 26.3 Å². The lowest BCUT2D eigenvalue weighted by Crippen LogP contribution is -2.50. The fourth-order valence-corrected chi connectivity index (χ4v) is 4.42. The van der Waals surface area contributed by atoms with Gasteiger partial charge in [-0.3, -0.25) is 14.6 Å². The van der Waals surface area contributed by atoms with Crippen LogP contribution >= 0.6 is 0 Å². The highest BCUT2D eigenvalue weighted by Crippen LogP contribution is 2.37. The van der Waals surface area contributed by atoms with E-state index in [2.05, 4.69) is 41.1 Å². The number of fused-ring (bicyclic) bond motifs is 1. The lowest BCUT2D eigenvalue weighted by Gasteiger charge is -2.33. The van der Waals surface area contributed by atoms with Gasteiger partial charge in [0.25, 0.3) is 0 Å². The van der Waals surface area contributed by atoms with Crippen LogP contribution in [0.25, 0.3) is 0 Å². The summed E-state index contributed by atoms with van der Waals surface area (Å²) in [5, 5.41) is 17.1. The van der Waals surface area contributed by atoms with E-state index in [-0.39, 0.29) is 11.9 Å². The van der Waals surface area contributed by atoms with E-state index in [0.29, 0.717) is 18.0 Å². The van der Waals surface area contributed by atoms with Gasteiger partial charge in [-0.15, -0.1) is 0 Å². The fourth-order valence-electron chi connectivity index (χ4n) is 4.42. The second-order valence-corrected chi connectivity index (χ2v) is 8.88. The number of likely N-dealkylation sites (tertiary alicyclic amines) is 2. The molecule has 2 heterocycles. The van der Waals surface area contributed by atoms with Crippen LogP contribution in [0, 0.1) is 5.92 Å². The van der Waals surface area contributed by atoms with Crippen molar-refractivity contribution in [2.24, 2.45) is 5.92 Å². The van der Waals surface area contributed by atoms with Gasteiger partial charge in [0, 0.05) is 38.8 Å². The lowest BCUT2D eigenvalue weighted by molar-refractivity contribution is -0.193. The SMILES string of the molecule is CNC(=O)[C@@H]1C[C@H]2CN(Cc3ccc(OC)cc3)C[C@H]2N1C(C)C.O=C(O)C(F)(F)F.O=C(O)C(F)(F)F. The summed E-state index contributed by atoms with van der Waals surface area (Å²) in [6.45, 7) is 7.48. The van der Waals surface area contributed by atoms with Crippen molar-refractivity contribution in [3.63, 3.8) is 0 Å². The molecular weight excluding hydrogens is 528 g/mol. The quantitative estimate of drug-likeness (QED) is 0.472. The van der Waals surface area contributed by atoms with Crippen LogP contribution in [-0.2, 0) is 20.9 Å². The van der Waals surface area contributed by atoms with Gasteiger partial charge < -0.3 is 20.3 Å². The summed E-state index contributed by atoms with van der Waals surface area (Å²) in [5.41, 5.74) is 1.31. The Morgan fingerprint density at radius 1 is 1.00 bits per heavy atom.